The molecule has 1 atom stereocenters. The van der Waals surface area contributed by atoms with E-state index in [1.165, 1.54) is 0 Å². The van der Waals surface area contributed by atoms with Crippen LogP contribution in [0.4, 0.5) is 0 Å². The lowest BCUT2D eigenvalue weighted by atomic mass is 10.1. The van der Waals surface area contributed by atoms with Crippen LogP contribution in [-0.4, -0.2) is 20.7 Å². The standard InChI is InChI=1S/C16H24N4OS/c1-10(2)15-19-13(9-22-15)11(3)18-14(21)12-7-17-20(8-12)16(4,5)6/h7-11H,1-6H3,(H,18,21). The zero-order chi connectivity index (χ0) is 16.5. The van der Waals surface area contributed by atoms with Crippen molar-refractivity contribution in [3.63, 3.8) is 0 Å². The Labute approximate surface area is 135 Å². The topological polar surface area (TPSA) is 59.8 Å². The first-order valence-electron chi connectivity index (χ1n) is 7.50. The lowest BCUT2D eigenvalue weighted by molar-refractivity contribution is 0.0939. The minimum atomic E-state index is -0.134. The third-order valence-corrected chi connectivity index (χ3v) is 4.52. The van der Waals surface area contributed by atoms with Gasteiger partial charge >= 0.3 is 0 Å². The van der Waals surface area contributed by atoms with Gasteiger partial charge in [-0.15, -0.1) is 11.3 Å². The van der Waals surface area contributed by atoms with E-state index in [-0.39, 0.29) is 17.5 Å². The van der Waals surface area contributed by atoms with Crippen LogP contribution in [0, 0.1) is 0 Å². The van der Waals surface area contributed by atoms with E-state index in [4.69, 9.17) is 0 Å². The molecular formula is C16H24N4OS. The van der Waals surface area contributed by atoms with Gasteiger partial charge in [0.1, 0.15) is 0 Å². The van der Waals surface area contributed by atoms with Gasteiger partial charge in [-0.05, 0) is 27.7 Å². The van der Waals surface area contributed by atoms with Crippen LogP contribution in [0.5, 0.6) is 0 Å². The van der Waals surface area contributed by atoms with Gasteiger partial charge in [0, 0.05) is 17.5 Å². The highest BCUT2D eigenvalue weighted by molar-refractivity contribution is 7.09. The lowest BCUT2D eigenvalue weighted by Gasteiger charge is -2.18. The Morgan fingerprint density at radius 3 is 2.50 bits per heavy atom. The number of carbonyl (C=O) groups excluding carboxylic acids is 1. The van der Waals surface area contributed by atoms with E-state index in [0.29, 0.717) is 11.5 Å². The molecule has 5 nitrogen and oxygen atoms in total. The summed E-state index contributed by atoms with van der Waals surface area (Å²) in [7, 11) is 0. The molecule has 1 unspecified atom stereocenters. The predicted octanol–water partition coefficient (Wildman–Crippen LogP) is 3.71. The Balaban J connectivity index is 2.06. The molecule has 2 aromatic heterocycles. The van der Waals surface area contributed by atoms with Gasteiger partial charge in [0.05, 0.1) is 34.0 Å². The molecule has 1 amide bonds. The summed E-state index contributed by atoms with van der Waals surface area (Å²) in [4.78, 5) is 16.9. The van der Waals surface area contributed by atoms with Crippen molar-refractivity contribution in [2.45, 2.75) is 59.0 Å². The molecule has 0 radical (unpaired) electrons. The quantitative estimate of drug-likeness (QED) is 0.934. The summed E-state index contributed by atoms with van der Waals surface area (Å²) in [5, 5.41) is 10.3. The van der Waals surface area contributed by atoms with Crippen LogP contribution in [0.1, 0.15) is 74.6 Å². The fraction of sp³-hybridized carbons (Fsp3) is 0.562. The van der Waals surface area contributed by atoms with E-state index in [0.717, 1.165) is 10.7 Å². The lowest BCUT2D eigenvalue weighted by Crippen LogP contribution is -2.27. The highest BCUT2D eigenvalue weighted by Gasteiger charge is 2.19. The Morgan fingerprint density at radius 2 is 2.00 bits per heavy atom. The summed E-state index contributed by atoms with van der Waals surface area (Å²) in [5.41, 5.74) is 1.34. The van der Waals surface area contributed by atoms with Crippen molar-refractivity contribution >= 4 is 17.2 Å². The molecular weight excluding hydrogens is 296 g/mol. The molecule has 6 heteroatoms. The summed E-state index contributed by atoms with van der Waals surface area (Å²) in [5.74, 6) is 0.286. The van der Waals surface area contributed by atoms with E-state index in [9.17, 15) is 4.79 Å². The molecule has 0 aliphatic heterocycles. The molecule has 0 saturated carbocycles. The maximum atomic E-state index is 12.3. The summed E-state index contributed by atoms with van der Waals surface area (Å²) < 4.78 is 1.80. The number of hydrogen-bond donors (Lipinski definition) is 1. The van der Waals surface area contributed by atoms with Gasteiger partial charge in [0.2, 0.25) is 0 Å². The number of rotatable bonds is 4. The highest BCUT2D eigenvalue weighted by Crippen LogP contribution is 2.23. The van der Waals surface area contributed by atoms with Gasteiger partial charge in [-0.1, -0.05) is 13.8 Å². The van der Waals surface area contributed by atoms with E-state index in [1.807, 2.05) is 33.1 Å². The van der Waals surface area contributed by atoms with E-state index in [1.54, 1.807) is 28.4 Å². The van der Waals surface area contributed by atoms with E-state index in [2.05, 4.69) is 29.2 Å². The van der Waals surface area contributed by atoms with Crippen molar-refractivity contribution in [2.24, 2.45) is 0 Å². The van der Waals surface area contributed by atoms with Gasteiger partial charge in [-0.25, -0.2) is 4.98 Å². The van der Waals surface area contributed by atoms with Crippen molar-refractivity contribution in [3.05, 3.63) is 34.0 Å². The Morgan fingerprint density at radius 1 is 1.32 bits per heavy atom. The minimum Gasteiger partial charge on any atom is -0.344 e. The average Bonchev–Trinajstić information content (AvgIpc) is 3.07. The first-order valence-corrected chi connectivity index (χ1v) is 8.37. The second kappa shape index (κ2) is 6.20. The number of hydrogen-bond acceptors (Lipinski definition) is 4. The zero-order valence-electron chi connectivity index (χ0n) is 14.0. The minimum absolute atomic E-state index is 0.116. The van der Waals surface area contributed by atoms with Crippen molar-refractivity contribution < 1.29 is 4.79 Å². The van der Waals surface area contributed by atoms with Crippen LogP contribution in [0.3, 0.4) is 0 Å². The molecule has 2 rings (SSSR count). The van der Waals surface area contributed by atoms with Gasteiger partial charge < -0.3 is 5.32 Å². The fourth-order valence-corrected chi connectivity index (χ4v) is 2.85. The van der Waals surface area contributed by atoms with Crippen LogP contribution < -0.4 is 5.32 Å². The number of carbonyl (C=O) groups is 1. The number of nitrogens with zero attached hydrogens (tertiary/aromatic N) is 3. The second-order valence-electron chi connectivity index (χ2n) is 6.80. The van der Waals surface area contributed by atoms with Crippen molar-refractivity contribution in [1.29, 1.82) is 0 Å². The predicted molar refractivity (Wildman–Crippen MR) is 89.3 cm³/mol. The van der Waals surface area contributed by atoms with Crippen molar-refractivity contribution in [1.82, 2.24) is 20.1 Å². The van der Waals surface area contributed by atoms with Crippen molar-refractivity contribution in [2.75, 3.05) is 0 Å². The Kier molecular flexibility index (Phi) is 4.70. The molecule has 1 N–H and O–H groups in total. The molecule has 120 valence electrons. The smallest absolute Gasteiger partial charge is 0.254 e. The van der Waals surface area contributed by atoms with Crippen LogP contribution >= 0.6 is 11.3 Å². The summed E-state index contributed by atoms with van der Waals surface area (Å²) in [6.45, 7) is 12.3. The summed E-state index contributed by atoms with van der Waals surface area (Å²) >= 11 is 1.64. The molecule has 0 saturated heterocycles. The van der Waals surface area contributed by atoms with Crippen LogP contribution in [0.25, 0.3) is 0 Å². The number of amides is 1. The molecule has 0 spiro atoms. The number of thiazole rings is 1. The zero-order valence-corrected chi connectivity index (χ0v) is 14.9. The average molecular weight is 320 g/mol. The van der Waals surface area contributed by atoms with E-state index < -0.39 is 0 Å². The summed E-state index contributed by atoms with van der Waals surface area (Å²) in [6.07, 6.45) is 3.39. The SMILES string of the molecule is CC(C)c1nc(C(C)NC(=O)c2cnn(C(C)(C)C)c2)cs1. The van der Waals surface area contributed by atoms with Gasteiger partial charge in [-0.3, -0.25) is 9.48 Å². The van der Waals surface area contributed by atoms with Crippen LogP contribution in [0.15, 0.2) is 17.8 Å². The molecule has 2 aromatic rings. The third kappa shape index (κ3) is 3.74. The maximum Gasteiger partial charge on any atom is 0.254 e. The van der Waals surface area contributed by atoms with E-state index >= 15 is 0 Å². The molecule has 0 fully saturated rings. The molecule has 0 aliphatic carbocycles. The first-order chi connectivity index (χ1) is 10.2. The number of nitrogens with one attached hydrogen (secondary N) is 1. The van der Waals surface area contributed by atoms with Gasteiger partial charge in [0.25, 0.3) is 5.91 Å². The van der Waals surface area contributed by atoms with Crippen LogP contribution in [-0.2, 0) is 5.54 Å². The van der Waals surface area contributed by atoms with Gasteiger partial charge in [-0.2, -0.15) is 5.10 Å². The van der Waals surface area contributed by atoms with Crippen molar-refractivity contribution in [3.8, 4) is 0 Å². The molecule has 0 bridgehead atoms. The summed E-state index contributed by atoms with van der Waals surface area (Å²) in [6, 6.07) is -0.116. The molecule has 22 heavy (non-hydrogen) atoms. The maximum absolute atomic E-state index is 12.3. The highest BCUT2D eigenvalue weighted by atomic mass is 32.1. The monoisotopic (exact) mass is 320 g/mol. The second-order valence-corrected chi connectivity index (χ2v) is 7.69. The number of aromatic nitrogens is 3. The Hall–Kier alpha value is -1.69. The van der Waals surface area contributed by atoms with Gasteiger partial charge in [0.15, 0.2) is 0 Å². The largest absolute Gasteiger partial charge is 0.344 e. The molecule has 0 aromatic carbocycles. The fourth-order valence-electron chi connectivity index (χ4n) is 1.93. The van der Waals surface area contributed by atoms with Crippen LogP contribution in [0.2, 0.25) is 0 Å². The Bertz CT molecular complexity index is 651. The molecule has 0 aliphatic rings. The first kappa shape index (κ1) is 16.7. The third-order valence-electron chi connectivity index (χ3n) is 3.36. The molecule has 2 heterocycles. The normalized spacial score (nSPS) is 13.4.